The zero-order valence-electron chi connectivity index (χ0n) is 9.32. The number of thiazole rings is 1. The van der Waals surface area contributed by atoms with Crippen LogP contribution in [-0.4, -0.2) is 36.7 Å². The summed E-state index contributed by atoms with van der Waals surface area (Å²) < 4.78 is 5.19. The van der Waals surface area contributed by atoms with Gasteiger partial charge in [-0.3, -0.25) is 4.79 Å². The Bertz CT molecular complexity index is 380. The summed E-state index contributed by atoms with van der Waals surface area (Å²) in [6, 6.07) is -0.172. The van der Waals surface area contributed by atoms with Gasteiger partial charge in [-0.15, -0.1) is 11.3 Å². The molecule has 1 aliphatic heterocycles. The van der Waals surface area contributed by atoms with Crippen LogP contribution < -0.4 is 10.6 Å². The van der Waals surface area contributed by atoms with Crippen LogP contribution in [0.3, 0.4) is 0 Å². The second-order valence-electron chi connectivity index (χ2n) is 3.82. The molecular formula is C10H15N3O2S. The number of ether oxygens (including phenoxy) is 1. The van der Waals surface area contributed by atoms with Crippen molar-refractivity contribution in [1.82, 2.24) is 10.3 Å². The highest BCUT2D eigenvalue weighted by Gasteiger charge is 2.29. The lowest BCUT2D eigenvalue weighted by Gasteiger charge is -2.08. The van der Waals surface area contributed by atoms with E-state index in [2.05, 4.69) is 15.6 Å². The summed E-state index contributed by atoms with van der Waals surface area (Å²) >= 11 is 1.48. The van der Waals surface area contributed by atoms with Crippen LogP contribution in [0.1, 0.15) is 11.3 Å². The lowest BCUT2D eigenvalue weighted by atomic mass is 10.2. The van der Waals surface area contributed by atoms with Gasteiger partial charge in [-0.2, -0.15) is 0 Å². The summed E-state index contributed by atoms with van der Waals surface area (Å²) in [6.07, 6.45) is 2.60. The van der Waals surface area contributed by atoms with Crippen LogP contribution in [0.2, 0.25) is 0 Å². The van der Waals surface area contributed by atoms with Gasteiger partial charge in [0.2, 0.25) is 5.91 Å². The Balaban J connectivity index is 1.89. The van der Waals surface area contributed by atoms with Crippen molar-refractivity contribution in [2.45, 2.75) is 25.5 Å². The van der Waals surface area contributed by atoms with Crippen LogP contribution in [0.4, 0.5) is 5.13 Å². The van der Waals surface area contributed by atoms with Gasteiger partial charge >= 0.3 is 0 Å². The lowest BCUT2D eigenvalue weighted by Crippen LogP contribution is -2.35. The SMILES string of the molecule is COC1CNC(C(=O)Nc2ncc(C)s2)C1. The summed E-state index contributed by atoms with van der Waals surface area (Å²) in [5.74, 6) is -0.0334. The van der Waals surface area contributed by atoms with Gasteiger partial charge in [0.15, 0.2) is 5.13 Å². The Kier molecular flexibility index (Phi) is 3.52. The van der Waals surface area contributed by atoms with E-state index in [0.717, 1.165) is 11.4 Å². The fourth-order valence-electron chi connectivity index (χ4n) is 1.69. The van der Waals surface area contributed by atoms with Gasteiger partial charge < -0.3 is 15.4 Å². The van der Waals surface area contributed by atoms with Crippen molar-refractivity contribution in [2.24, 2.45) is 0 Å². The maximum Gasteiger partial charge on any atom is 0.243 e. The van der Waals surface area contributed by atoms with Crippen LogP contribution in [0.25, 0.3) is 0 Å². The molecule has 0 saturated carbocycles. The number of carbonyl (C=O) groups excluding carboxylic acids is 1. The average molecular weight is 241 g/mol. The molecule has 2 atom stereocenters. The molecule has 0 bridgehead atoms. The van der Waals surface area contributed by atoms with Gasteiger partial charge in [-0.05, 0) is 13.3 Å². The topological polar surface area (TPSA) is 63.2 Å². The molecule has 1 aromatic rings. The number of amides is 1. The van der Waals surface area contributed by atoms with E-state index in [1.54, 1.807) is 13.3 Å². The summed E-state index contributed by atoms with van der Waals surface area (Å²) in [6.45, 7) is 2.69. The van der Waals surface area contributed by atoms with E-state index in [9.17, 15) is 4.79 Å². The van der Waals surface area contributed by atoms with Crippen molar-refractivity contribution in [1.29, 1.82) is 0 Å². The molecule has 2 N–H and O–H groups in total. The summed E-state index contributed by atoms with van der Waals surface area (Å²) in [7, 11) is 1.66. The van der Waals surface area contributed by atoms with E-state index in [1.807, 2.05) is 6.92 Å². The minimum absolute atomic E-state index is 0.0334. The van der Waals surface area contributed by atoms with Gasteiger partial charge in [0, 0.05) is 24.7 Å². The smallest absolute Gasteiger partial charge is 0.243 e. The molecule has 2 rings (SSSR count). The first-order chi connectivity index (χ1) is 7.69. The van der Waals surface area contributed by atoms with Crippen molar-refractivity contribution in [3.8, 4) is 0 Å². The monoisotopic (exact) mass is 241 g/mol. The number of aryl methyl sites for hydroxylation is 1. The second kappa shape index (κ2) is 4.90. The van der Waals surface area contributed by atoms with E-state index in [-0.39, 0.29) is 18.1 Å². The minimum atomic E-state index is -0.172. The first-order valence-electron chi connectivity index (χ1n) is 5.18. The highest BCUT2D eigenvalue weighted by atomic mass is 32.1. The largest absolute Gasteiger partial charge is 0.380 e. The Hall–Kier alpha value is -0.980. The number of anilines is 1. The number of carbonyl (C=O) groups is 1. The number of nitrogens with zero attached hydrogens (tertiary/aromatic N) is 1. The zero-order valence-corrected chi connectivity index (χ0v) is 10.1. The van der Waals surface area contributed by atoms with E-state index >= 15 is 0 Å². The fraction of sp³-hybridized carbons (Fsp3) is 0.600. The number of methoxy groups -OCH3 is 1. The predicted molar refractivity (Wildman–Crippen MR) is 62.7 cm³/mol. The molecule has 2 heterocycles. The van der Waals surface area contributed by atoms with Crippen molar-refractivity contribution < 1.29 is 9.53 Å². The van der Waals surface area contributed by atoms with Crippen molar-refractivity contribution in [3.05, 3.63) is 11.1 Å². The number of nitrogens with one attached hydrogen (secondary N) is 2. The van der Waals surface area contributed by atoms with Gasteiger partial charge in [-0.25, -0.2) is 4.98 Å². The van der Waals surface area contributed by atoms with E-state index in [0.29, 0.717) is 11.6 Å². The third-order valence-electron chi connectivity index (χ3n) is 2.59. The van der Waals surface area contributed by atoms with Crippen LogP contribution in [0.15, 0.2) is 6.20 Å². The summed E-state index contributed by atoms with van der Waals surface area (Å²) in [5, 5.41) is 6.58. The number of rotatable bonds is 3. The molecule has 0 spiro atoms. The molecule has 1 aromatic heterocycles. The molecule has 88 valence electrons. The molecule has 6 heteroatoms. The highest BCUT2D eigenvalue weighted by Crippen LogP contribution is 2.18. The summed E-state index contributed by atoms with van der Waals surface area (Å²) in [5.41, 5.74) is 0. The molecule has 5 nitrogen and oxygen atoms in total. The minimum Gasteiger partial charge on any atom is -0.380 e. The Labute approximate surface area is 98.2 Å². The molecule has 0 aliphatic carbocycles. The van der Waals surface area contributed by atoms with Gasteiger partial charge in [0.25, 0.3) is 0 Å². The maximum atomic E-state index is 11.8. The first-order valence-corrected chi connectivity index (χ1v) is 6.00. The molecular weight excluding hydrogens is 226 g/mol. The first kappa shape index (κ1) is 11.5. The number of hydrogen-bond acceptors (Lipinski definition) is 5. The van der Waals surface area contributed by atoms with E-state index in [4.69, 9.17) is 4.74 Å². The fourth-order valence-corrected chi connectivity index (χ4v) is 2.36. The third-order valence-corrected chi connectivity index (χ3v) is 3.42. The summed E-state index contributed by atoms with van der Waals surface area (Å²) in [4.78, 5) is 17.0. The van der Waals surface area contributed by atoms with Crippen LogP contribution in [-0.2, 0) is 9.53 Å². The maximum absolute atomic E-state index is 11.8. The standard InChI is InChI=1S/C10H15N3O2S/c1-6-4-12-10(16-6)13-9(14)8-3-7(15-2)5-11-8/h4,7-8,11H,3,5H2,1-2H3,(H,12,13,14). The molecule has 16 heavy (non-hydrogen) atoms. The number of aromatic nitrogens is 1. The molecule has 1 amide bonds. The van der Waals surface area contributed by atoms with Gasteiger partial charge in [0.05, 0.1) is 12.1 Å². The Morgan fingerprint density at radius 3 is 3.12 bits per heavy atom. The molecule has 0 aromatic carbocycles. The molecule has 0 radical (unpaired) electrons. The van der Waals surface area contributed by atoms with Crippen molar-refractivity contribution in [2.75, 3.05) is 19.0 Å². The predicted octanol–water partition coefficient (Wildman–Crippen LogP) is 0.767. The Morgan fingerprint density at radius 2 is 2.56 bits per heavy atom. The van der Waals surface area contributed by atoms with Gasteiger partial charge in [0.1, 0.15) is 0 Å². The number of hydrogen-bond donors (Lipinski definition) is 2. The highest BCUT2D eigenvalue weighted by molar-refractivity contribution is 7.15. The van der Waals surface area contributed by atoms with Crippen LogP contribution >= 0.6 is 11.3 Å². The Morgan fingerprint density at radius 1 is 1.75 bits per heavy atom. The zero-order chi connectivity index (χ0) is 11.5. The molecule has 1 aliphatic rings. The van der Waals surface area contributed by atoms with Crippen molar-refractivity contribution in [3.63, 3.8) is 0 Å². The lowest BCUT2D eigenvalue weighted by molar-refractivity contribution is -0.118. The molecule has 2 unspecified atom stereocenters. The third kappa shape index (κ3) is 2.58. The van der Waals surface area contributed by atoms with Crippen molar-refractivity contribution >= 4 is 22.4 Å². The van der Waals surface area contributed by atoms with E-state index < -0.39 is 0 Å². The molecule has 1 fully saturated rings. The normalized spacial score (nSPS) is 24.6. The van der Waals surface area contributed by atoms with Crippen LogP contribution in [0, 0.1) is 6.92 Å². The van der Waals surface area contributed by atoms with E-state index in [1.165, 1.54) is 11.3 Å². The quantitative estimate of drug-likeness (QED) is 0.820. The average Bonchev–Trinajstić information content (AvgIpc) is 2.87. The van der Waals surface area contributed by atoms with Crippen LogP contribution in [0.5, 0.6) is 0 Å². The second-order valence-corrected chi connectivity index (χ2v) is 5.05. The molecule has 1 saturated heterocycles. The van der Waals surface area contributed by atoms with Gasteiger partial charge in [-0.1, -0.05) is 0 Å².